The van der Waals surface area contributed by atoms with Gasteiger partial charge in [0.05, 0.1) is 5.56 Å². The summed E-state index contributed by atoms with van der Waals surface area (Å²) in [4.78, 5) is 27.4. The van der Waals surface area contributed by atoms with Crippen LogP contribution in [-0.4, -0.2) is 35.4 Å². The highest BCUT2D eigenvalue weighted by Crippen LogP contribution is 2.23. The van der Waals surface area contributed by atoms with Crippen molar-refractivity contribution in [2.45, 2.75) is 12.8 Å². The third-order valence-corrected chi connectivity index (χ3v) is 4.14. The van der Waals surface area contributed by atoms with E-state index >= 15 is 0 Å². The maximum Gasteiger partial charge on any atom is 0.252 e. The van der Waals surface area contributed by atoms with Gasteiger partial charge in [-0.2, -0.15) is 11.8 Å². The zero-order valence-corrected chi connectivity index (χ0v) is 11.6. The highest BCUT2D eigenvalue weighted by molar-refractivity contribution is 7.99. The van der Waals surface area contributed by atoms with Crippen LogP contribution < -0.4 is 10.6 Å². The quantitative estimate of drug-likeness (QED) is 0.880. The van der Waals surface area contributed by atoms with Gasteiger partial charge in [-0.05, 0) is 36.5 Å². The minimum absolute atomic E-state index is 0.0282. The number of aromatic nitrogens is 1. The van der Waals surface area contributed by atoms with Crippen molar-refractivity contribution < 1.29 is 9.59 Å². The standard InChI is InChI=1S/C13H17N3O2S/c1-14-12(17)10-2-3-11(15-8-10)16-13(18)9-4-6-19-7-5-9/h2-3,8-9H,4-7H2,1H3,(H,14,17)(H,15,16,18). The van der Waals surface area contributed by atoms with Crippen LogP contribution in [0.4, 0.5) is 5.82 Å². The van der Waals surface area contributed by atoms with Crippen molar-refractivity contribution in [3.8, 4) is 0 Å². The van der Waals surface area contributed by atoms with Crippen LogP contribution in [0.1, 0.15) is 23.2 Å². The van der Waals surface area contributed by atoms with Gasteiger partial charge in [0.2, 0.25) is 5.91 Å². The van der Waals surface area contributed by atoms with Gasteiger partial charge in [0.15, 0.2) is 0 Å². The van der Waals surface area contributed by atoms with Crippen LogP contribution in [-0.2, 0) is 4.79 Å². The largest absolute Gasteiger partial charge is 0.355 e. The van der Waals surface area contributed by atoms with Crippen molar-refractivity contribution in [3.63, 3.8) is 0 Å². The summed E-state index contributed by atoms with van der Waals surface area (Å²) >= 11 is 1.89. The lowest BCUT2D eigenvalue weighted by molar-refractivity contribution is -0.120. The van der Waals surface area contributed by atoms with Crippen molar-refractivity contribution in [1.82, 2.24) is 10.3 Å². The number of nitrogens with zero attached hydrogens (tertiary/aromatic N) is 1. The smallest absolute Gasteiger partial charge is 0.252 e. The molecule has 6 heteroatoms. The van der Waals surface area contributed by atoms with Gasteiger partial charge >= 0.3 is 0 Å². The monoisotopic (exact) mass is 279 g/mol. The van der Waals surface area contributed by atoms with Crippen molar-refractivity contribution >= 4 is 29.4 Å². The SMILES string of the molecule is CNC(=O)c1ccc(NC(=O)C2CCSCC2)nc1. The molecule has 2 N–H and O–H groups in total. The molecule has 0 atom stereocenters. The Kier molecular flexibility index (Phi) is 4.79. The van der Waals surface area contributed by atoms with Crippen molar-refractivity contribution in [3.05, 3.63) is 23.9 Å². The van der Waals surface area contributed by atoms with E-state index in [9.17, 15) is 9.59 Å². The first-order chi connectivity index (χ1) is 9.20. The van der Waals surface area contributed by atoms with Gasteiger partial charge in [0.1, 0.15) is 5.82 Å². The fourth-order valence-corrected chi connectivity index (χ4v) is 3.04. The third-order valence-electron chi connectivity index (χ3n) is 3.10. The Morgan fingerprint density at radius 3 is 2.63 bits per heavy atom. The average molecular weight is 279 g/mol. The van der Waals surface area contributed by atoms with Crippen LogP contribution in [0.25, 0.3) is 0 Å². The Morgan fingerprint density at radius 2 is 2.05 bits per heavy atom. The number of anilines is 1. The number of hydrogen-bond acceptors (Lipinski definition) is 4. The molecule has 0 radical (unpaired) electrons. The van der Waals surface area contributed by atoms with Gasteiger partial charge in [-0.15, -0.1) is 0 Å². The second-order valence-corrected chi connectivity index (χ2v) is 5.61. The molecule has 2 heterocycles. The molecule has 0 aliphatic carbocycles. The molecule has 0 unspecified atom stereocenters. The van der Waals surface area contributed by atoms with Gasteiger partial charge in [0, 0.05) is 19.2 Å². The van der Waals surface area contributed by atoms with Gasteiger partial charge < -0.3 is 10.6 Å². The first-order valence-corrected chi connectivity index (χ1v) is 7.43. The lowest BCUT2D eigenvalue weighted by atomic mass is 10.0. The lowest BCUT2D eigenvalue weighted by Gasteiger charge is -2.20. The molecule has 1 saturated heterocycles. The van der Waals surface area contributed by atoms with Gasteiger partial charge in [-0.25, -0.2) is 4.98 Å². The molecule has 0 aromatic carbocycles. The van der Waals surface area contributed by atoms with E-state index in [0.29, 0.717) is 11.4 Å². The van der Waals surface area contributed by atoms with E-state index in [4.69, 9.17) is 0 Å². The van der Waals surface area contributed by atoms with Crippen molar-refractivity contribution in [1.29, 1.82) is 0 Å². The molecule has 19 heavy (non-hydrogen) atoms. The molecule has 1 fully saturated rings. The summed E-state index contributed by atoms with van der Waals surface area (Å²) in [5.74, 6) is 2.51. The fourth-order valence-electron chi connectivity index (χ4n) is 1.93. The van der Waals surface area contributed by atoms with Crippen LogP contribution in [0.5, 0.6) is 0 Å². The predicted octanol–water partition coefficient (Wildman–Crippen LogP) is 1.52. The van der Waals surface area contributed by atoms with Crippen LogP contribution in [0, 0.1) is 5.92 Å². The molecule has 2 amide bonds. The number of pyridine rings is 1. The van der Waals surface area contributed by atoms with E-state index in [1.807, 2.05) is 11.8 Å². The Morgan fingerprint density at radius 1 is 1.32 bits per heavy atom. The minimum Gasteiger partial charge on any atom is -0.355 e. The number of carbonyl (C=O) groups excluding carboxylic acids is 2. The van der Waals surface area contributed by atoms with E-state index in [2.05, 4.69) is 15.6 Å². The molecular weight excluding hydrogens is 262 g/mol. The number of rotatable bonds is 3. The zero-order valence-electron chi connectivity index (χ0n) is 10.8. The Labute approximate surface area is 116 Å². The van der Waals surface area contributed by atoms with Crippen LogP contribution >= 0.6 is 11.8 Å². The van der Waals surface area contributed by atoms with Crippen LogP contribution in [0.15, 0.2) is 18.3 Å². The molecule has 1 aliphatic heterocycles. The summed E-state index contributed by atoms with van der Waals surface area (Å²) in [5, 5.41) is 5.33. The molecule has 0 spiro atoms. The van der Waals surface area contributed by atoms with E-state index in [0.717, 1.165) is 24.3 Å². The zero-order chi connectivity index (χ0) is 13.7. The molecule has 2 rings (SSSR count). The summed E-state index contributed by atoms with van der Waals surface area (Å²) in [6.07, 6.45) is 3.31. The van der Waals surface area contributed by atoms with Crippen molar-refractivity contribution in [2.75, 3.05) is 23.9 Å². The van der Waals surface area contributed by atoms with E-state index in [1.54, 1.807) is 19.2 Å². The van der Waals surface area contributed by atoms with Gasteiger partial charge in [-0.3, -0.25) is 9.59 Å². The summed E-state index contributed by atoms with van der Waals surface area (Å²) in [5.41, 5.74) is 0.481. The summed E-state index contributed by atoms with van der Waals surface area (Å²) < 4.78 is 0. The fraction of sp³-hybridized carbons (Fsp3) is 0.462. The average Bonchev–Trinajstić information content (AvgIpc) is 2.48. The molecule has 1 aromatic heterocycles. The Balaban J connectivity index is 1.95. The first kappa shape index (κ1) is 13.9. The maximum absolute atomic E-state index is 12.0. The highest BCUT2D eigenvalue weighted by atomic mass is 32.2. The van der Waals surface area contributed by atoms with E-state index < -0.39 is 0 Å². The normalized spacial score (nSPS) is 15.8. The maximum atomic E-state index is 12.0. The predicted molar refractivity (Wildman–Crippen MR) is 76.3 cm³/mol. The number of nitrogens with one attached hydrogen (secondary N) is 2. The van der Waals surface area contributed by atoms with Gasteiger partial charge in [0.25, 0.3) is 5.91 Å². The minimum atomic E-state index is -0.185. The van der Waals surface area contributed by atoms with E-state index in [-0.39, 0.29) is 17.7 Å². The summed E-state index contributed by atoms with van der Waals surface area (Å²) in [6, 6.07) is 3.30. The molecule has 0 bridgehead atoms. The second kappa shape index (κ2) is 6.56. The Hall–Kier alpha value is -1.56. The van der Waals surface area contributed by atoms with Crippen LogP contribution in [0.2, 0.25) is 0 Å². The Bertz CT molecular complexity index is 455. The van der Waals surface area contributed by atoms with Gasteiger partial charge in [-0.1, -0.05) is 0 Å². The summed E-state index contributed by atoms with van der Waals surface area (Å²) in [6.45, 7) is 0. The molecule has 0 saturated carbocycles. The molecule has 1 aliphatic rings. The molecule has 1 aromatic rings. The topological polar surface area (TPSA) is 71.1 Å². The number of thioether (sulfide) groups is 1. The molecular formula is C13H17N3O2S. The molecule has 5 nitrogen and oxygen atoms in total. The van der Waals surface area contributed by atoms with Crippen LogP contribution in [0.3, 0.4) is 0 Å². The number of carbonyl (C=O) groups is 2. The number of amides is 2. The third kappa shape index (κ3) is 3.70. The summed E-state index contributed by atoms with van der Waals surface area (Å²) in [7, 11) is 1.57. The molecule has 102 valence electrons. The lowest BCUT2D eigenvalue weighted by Crippen LogP contribution is -2.26. The van der Waals surface area contributed by atoms with Crippen molar-refractivity contribution in [2.24, 2.45) is 5.92 Å². The van der Waals surface area contributed by atoms with E-state index in [1.165, 1.54) is 6.20 Å². The first-order valence-electron chi connectivity index (χ1n) is 6.27. The highest BCUT2D eigenvalue weighted by Gasteiger charge is 2.21. The second-order valence-electron chi connectivity index (χ2n) is 4.39. The number of hydrogen-bond donors (Lipinski definition) is 2.